The van der Waals surface area contributed by atoms with Crippen molar-refractivity contribution < 1.29 is 13.5 Å². The molecule has 106 valence electrons. The van der Waals surface area contributed by atoms with Gasteiger partial charge in [-0.2, -0.15) is 0 Å². The van der Waals surface area contributed by atoms with Crippen LogP contribution >= 0.6 is 15.9 Å². The Hall–Kier alpha value is -1.62. The van der Waals surface area contributed by atoms with Crippen LogP contribution in [0.1, 0.15) is 12.5 Å². The molecule has 0 aromatic heterocycles. The topological polar surface area (TPSA) is 21.3 Å². The molecule has 2 nitrogen and oxygen atoms in total. The van der Waals surface area contributed by atoms with Crippen molar-refractivity contribution in [2.45, 2.75) is 13.5 Å². The molecule has 2 aromatic carbocycles. The highest BCUT2D eigenvalue weighted by Gasteiger charge is 2.07. The van der Waals surface area contributed by atoms with Gasteiger partial charge in [0.2, 0.25) is 0 Å². The highest BCUT2D eigenvalue weighted by atomic mass is 79.9. The third-order valence-electron chi connectivity index (χ3n) is 2.73. The largest absolute Gasteiger partial charge is 0.494 e. The van der Waals surface area contributed by atoms with Crippen LogP contribution in [0.25, 0.3) is 0 Å². The Morgan fingerprint density at radius 3 is 2.45 bits per heavy atom. The Morgan fingerprint density at radius 2 is 1.80 bits per heavy atom. The molecule has 0 saturated heterocycles. The van der Waals surface area contributed by atoms with Crippen LogP contribution in [0.4, 0.5) is 14.5 Å². The zero-order chi connectivity index (χ0) is 14.5. The molecule has 0 fully saturated rings. The first-order valence-corrected chi connectivity index (χ1v) is 6.99. The minimum absolute atomic E-state index is 0.230. The molecule has 2 aromatic rings. The molecule has 0 spiro atoms. The van der Waals surface area contributed by atoms with Gasteiger partial charge in [-0.3, -0.25) is 0 Å². The fourth-order valence-electron chi connectivity index (χ4n) is 1.73. The van der Waals surface area contributed by atoms with E-state index in [0.29, 0.717) is 13.2 Å². The lowest BCUT2D eigenvalue weighted by Crippen LogP contribution is -2.02. The lowest BCUT2D eigenvalue weighted by atomic mass is 10.2. The van der Waals surface area contributed by atoms with Gasteiger partial charge in [-0.25, -0.2) is 8.78 Å². The van der Waals surface area contributed by atoms with Crippen molar-refractivity contribution in [3.8, 4) is 5.75 Å². The maximum absolute atomic E-state index is 13.6. The zero-order valence-electron chi connectivity index (χ0n) is 10.9. The Kier molecular flexibility index (Phi) is 4.95. The van der Waals surface area contributed by atoms with Crippen LogP contribution < -0.4 is 10.1 Å². The molecule has 0 aliphatic heterocycles. The summed E-state index contributed by atoms with van der Waals surface area (Å²) < 4.78 is 32.2. The quantitative estimate of drug-likeness (QED) is 0.793. The van der Waals surface area contributed by atoms with Gasteiger partial charge < -0.3 is 10.1 Å². The van der Waals surface area contributed by atoms with E-state index in [2.05, 4.69) is 21.2 Å². The van der Waals surface area contributed by atoms with Crippen LogP contribution in [0.3, 0.4) is 0 Å². The smallest absolute Gasteiger partial charge is 0.149 e. The van der Waals surface area contributed by atoms with E-state index >= 15 is 0 Å². The van der Waals surface area contributed by atoms with Crippen molar-refractivity contribution in [3.05, 3.63) is 58.1 Å². The van der Waals surface area contributed by atoms with Crippen molar-refractivity contribution in [2.75, 3.05) is 11.9 Å². The van der Waals surface area contributed by atoms with Crippen molar-refractivity contribution in [2.24, 2.45) is 0 Å². The third kappa shape index (κ3) is 3.70. The molecule has 0 saturated carbocycles. The Morgan fingerprint density at radius 1 is 1.10 bits per heavy atom. The van der Waals surface area contributed by atoms with Gasteiger partial charge in [-0.1, -0.05) is 12.1 Å². The van der Waals surface area contributed by atoms with E-state index in [1.165, 1.54) is 6.07 Å². The molecule has 1 N–H and O–H groups in total. The Bertz CT molecular complexity index is 587. The van der Waals surface area contributed by atoms with Crippen molar-refractivity contribution in [1.82, 2.24) is 0 Å². The average Bonchev–Trinajstić information content (AvgIpc) is 2.43. The Labute approximate surface area is 124 Å². The van der Waals surface area contributed by atoms with Crippen molar-refractivity contribution in [3.63, 3.8) is 0 Å². The van der Waals surface area contributed by atoms with E-state index in [9.17, 15) is 8.78 Å². The molecule has 5 heteroatoms. The van der Waals surface area contributed by atoms with Gasteiger partial charge in [0.15, 0.2) is 0 Å². The maximum atomic E-state index is 13.6. The monoisotopic (exact) mass is 341 g/mol. The molecule has 2 rings (SSSR count). The predicted molar refractivity (Wildman–Crippen MR) is 79.0 cm³/mol. The van der Waals surface area contributed by atoms with Gasteiger partial charge in [-0.05, 0) is 46.6 Å². The van der Waals surface area contributed by atoms with Crippen LogP contribution in [0.5, 0.6) is 5.75 Å². The fraction of sp³-hybridized carbons (Fsp3) is 0.200. The van der Waals surface area contributed by atoms with E-state index in [-0.39, 0.29) is 10.2 Å². The first kappa shape index (κ1) is 14.8. The molecule has 0 aliphatic carbocycles. The second-order valence-electron chi connectivity index (χ2n) is 4.18. The molecule has 20 heavy (non-hydrogen) atoms. The van der Waals surface area contributed by atoms with Crippen LogP contribution in [0, 0.1) is 11.6 Å². The third-order valence-corrected chi connectivity index (χ3v) is 3.33. The van der Waals surface area contributed by atoms with Gasteiger partial charge >= 0.3 is 0 Å². The molecule has 0 bridgehead atoms. The summed E-state index contributed by atoms with van der Waals surface area (Å²) in [4.78, 5) is 0. The summed E-state index contributed by atoms with van der Waals surface area (Å²) in [5.41, 5.74) is 1.24. The first-order valence-electron chi connectivity index (χ1n) is 6.20. The molecule has 0 aliphatic rings. The van der Waals surface area contributed by atoms with Crippen LogP contribution in [-0.2, 0) is 6.54 Å². The van der Waals surface area contributed by atoms with Gasteiger partial charge in [-0.15, -0.1) is 0 Å². The van der Waals surface area contributed by atoms with Crippen molar-refractivity contribution in [1.29, 1.82) is 0 Å². The Balaban J connectivity index is 2.03. The maximum Gasteiger partial charge on any atom is 0.149 e. The molecular formula is C15H14BrF2NO. The van der Waals surface area contributed by atoms with Crippen molar-refractivity contribution >= 4 is 21.6 Å². The first-order chi connectivity index (χ1) is 9.60. The summed E-state index contributed by atoms with van der Waals surface area (Å²) >= 11 is 3.04. The molecular weight excluding hydrogens is 328 g/mol. The van der Waals surface area contributed by atoms with E-state index in [4.69, 9.17) is 4.74 Å². The van der Waals surface area contributed by atoms with Gasteiger partial charge in [0.1, 0.15) is 17.4 Å². The average molecular weight is 342 g/mol. The number of rotatable bonds is 5. The van der Waals surface area contributed by atoms with E-state index in [1.807, 2.05) is 31.2 Å². The second-order valence-corrected chi connectivity index (χ2v) is 5.03. The summed E-state index contributed by atoms with van der Waals surface area (Å²) in [5, 5.41) is 2.94. The summed E-state index contributed by atoms with van der Waals surface area (Å²) in [6.45, 7) is 2.98. The number of ether oxygens (including phenoxy) is 1. The standard InChI is InChI=1S/C15H14BrF2NO/c1-2-20-11-5-3-10(4-6-11)9-19-15-7-12(16)13(17)8-14(15)18/h3-8,19H,2,9H2,1H3. The summed E-state index contributed by atoms with van der Waals surface area (Å²) in [6, 6.07) is 9.75. The predicted octanol–water partition coefficient (Wildman–Crippen LogP) is 4.74. The number of benzene rings is 2. The molecule has 0 amide bonds. The van der Waals surface area contributed by atoms with Gasteiger partial charge in [0.25, 0.3) is 0 Å². The van der Waals surface area contributed by atoms with Crippen LogP contribution in [0.15, 0.2) is 40.9 Å². The zero-order valence-corrected chi connectivity index (χ0v) is 12.5. The molecule has 0 unspecified atom stereocenters. The van der Waals surface area contributed by atoms with E-state index < -0.39 is 11.6 Å². The number of hydrogen-bond acceptors (Lipinski definition) is 2. The number of nitrogens with one attached hydrogen (secondary N) is 1. The molecule has 0 atom stereocenters. The van der Waals surface area contributed by atoms with Crippen LogP contribution in [0.2, 0.25) is 0 Å². The van der Waals surface area contributed by atoms with Crippen LogP contribution in [-0.4, -0.2) is 6.61 Å². The summed E-state index contributed by atoms with van der Waals surface area (Å²) in [5.74, 6) is -0.433. The number of halogens is 3. The lowest BCUT2D eigenvalue weighted by Gasteiger charge is -2.09. The minimum atomic E-state index is -0.617. The van der Waals surface area contributed by atoms with Gasteiger partial charge in [0.05, 0.1) is 16.8 Å². The number of anilines is 1. The normalized spacial score (nSPS) is 10.4. The second kappa shape index (κ2) is 6.70. The molecule has 0 radical (unpaired) electrons. The van der Waals surface area contributed by atoms with Gasteiger partial charge in [0, 0.05) is 12.6 Å². The summed E-state index contributed by atoms with van der Waals surface area (Å²) in [7, 11) is 0. The van der Waals surface area contributed by atoms with E-state index in [1.54, 1.807) is 0 Å². The lowest BCUT2D eigenvalue weighted by molar-refractivity contribution is 0.340. The SMILES string of the molecule is CCOc1ccc(CNc2cc(Br)c(F)cc2F)cc1. The highest BCUT2D eigenvalue weighted by Crippen LogP contribution is 2.24. The molecule has 0 heterocycles. The summed E-state index contributed by atoms with van der Waals surface area (Å²) in [6.07, 6.45) is 0. The fourth-order valence-corrected chi connectivity index (χ4v) is 2.07. The highest BCUT2D eigenvalue weighted by molar-refractivity contribution is 9.10. The minimum Gasteiger partial charge on any atom is -0.494 e. The number of hydrogen-bond donors (Lipinski definition) is 1. The van der Waals surface area contributed by atoms with E-state index in [0.717, 1.165) is 17.4 Å².